The van der Waals surface area contributed by atoms with E-state index in [2.05, 4.69) is 22.6 Å². The Morgan fingerprint density at radius 3 is 2.35 bits per heavy atom. The van der Waals surface area contributed by atoms with E-state index >= 15 is 0 Å². The highest BCUT2D eigenvalue weighted by atomic mass is 16.4. The number of amides is 1. The summed E-state index contributed by atoms with van der Waals surface area (Å²) in [5.41, 5.74) is 1.98. The van der Waals surface area contributed by atoms with Crippen LogP contribution in [0.3, 0.4) is 0 Å². The first-order valence-corrected chi connectivity index (χ1v) is 8.72. The number of carboxylic acids is 1. The summed E-state index contributed by atoms with van der Waals surface area (Å²) in [5, 5.41) is 15.5. The van der Waals surface area contributed by atoms with Gasteiger partial charge >= 0.3 is 5.97 Å². The fraction of sp³-hybridized carbons (Fsp3) is 0.300. The number of carbonyl (C=O) groups is 2. The number of carboxylic acid groups (broad SMARTS) is 1. The first-order chi connectivity index (χ1) is 12.5. The van der Waals surface area contributed by atoms with E-state index in [1.165, 1.54) is 12.1 Å². The number of likely N-dealkylation sites (tertiary alicyclic amines) is 1. The minimum atomic E-state index is -1.05. The van der Waals surface area contributed by atoms with Gasteiger partial charge in [0, 0.05) is 11.6 Å². The first kappa shape index (κ1) is 17.9. The van der Waals surface area contributed by atoms with Crippen LogP contribution in [0.25, 0.3) is 0 Å². The summed E-state index contributed by atoms with van der Waals surface area (Å²) in [6, 6.07) is 14.0. The van der Waals surface area contributed by atoms with Gasteiger partial charge in [0.1, 0.15) is 0 Å². The summed E-state index contributed by atoms with van der Waals surface area (Å²) in [6.07, 6.45) is 2.11. The van der Waals surface area contributed by atoms with Gasteiger partial charge in [-0.05, 0) is 63.3 Å². The number of piperidine rings is 1. The van der Waals surface area contributed by atoms with E-state index in [4.69, 9.17) is 5.11 Å². The highest BCUT2D eigenvalue weighted by molar-refractivity contribution is 6.07. The largest absolute Gasteiger partial charge is 0.478 e. The Hall–Kier alpha value is -2.86. The van der Waals surface area contributed by atoms with Crippen LogP contribution in [0.2, 0.25) is 0 Å². The van der Waals surface area contributed by atoms with Crippen LogP contribution in [-0.4, -0.2) is 48.1 Å². The molecule has 2 aromatic rings. The standard InChI is InChI=1S/C20H23N3O3/c1-23-11-9-16(10-12-23)21-17-7-2-3-8-18(17)22-19(24)14-5-4-6-15(13-14)20(25)26/h2-8,13,16,21H,9-12H2,1H3,(H,22,24)(H,25,26). The normalized spacial score (nSPS) is 15.4. The molecule has 2 aromatic carbocycles. The maximum Gasteiger partial charge on any atom is 0.335 e. The Morgan fingerprint density at radius 1 is 1.00 bits per heavy atom. The minimum Gasteiger partial charge on any atom is -0.478 e. The molecule has 0 aliphatic carbocycles. The van der Waals surface area contributed by atoms with Gasteiger partial charge in [-0.3, -0.25) is 4.79 Å². The number of hydrogen-bond donors (Lipinski definition) is 3. The van der Waals surface area contributed by atoms with Gasteiger partial charge < -0.3 is 20.6 Å². The molecular weight excluding hydrogens is 330 g/mol. The van der Waals surface area contributed by atoms with E-state index in [-0.39, 0.29) is 11.5 Å². The Labute approximate surface area is 152 Å². The lowest BCUT2D eigenvalue weighted by atomic mass is 10.0. The van der Waals surface area contributed by atoms with Crippen LogP contribution in [-0.2, 0) is 0 Å². The molecule has 1 saturated heterocycles. The summed E-state index contributed by atoms with van der Waals surface area (Å²) in [5.74, 6) is -1.38. The fourth-order valence-electron chi connectivity index (χ4n) is 3.08. The second-order valence-corrected chi connectivity index (χ2v) is 6.61. The molecule has 0 spiro atoms. The second-order valence-electron chi connectivity index (χ2n) is 6.61. The maximum absolute atomic E-state index is 12.5. The number of benzene rings is 2. The number of carbonyl (C=O) groups excluding carboxylic acids is 1. The summed E-state index contributed by atoms with van der Waals surface area (Å²) in [7, 11) is 2.12. The molecule has 1 fully saturated rings. The van der Waals surface area contributed by atoms with Crippen molar-refractivity contribution in [2.24, 2.45) is 0 Å². The van der Waals surface area contributed by atoms with E-state index < -0.39 is 5.97 Å². The van der Waals surface area contributed by atoms with E-state index in [0.717, 1.165) is 31.6 Å². The number of para-hydroxylation sites is 2. The van der Waals surface area contributed by atoms with Gasteiger partial charge in [0.25, 0.3) is 5.91 Å². The number of hydrogen-bond acceptors (Lipinski definition) is 4. The van der Waals surface area contributed by atoms with Crippen LogP contribution < -0.4 is 10.6 Å². The van der Waals surface area contributed by atoms with Crippen molar-refractivity contribution in [3.63, 3.8) is 0 Å². The van der Waals surface area contributed by atoms with Gasteiger partial charge in [-0.15, -0.1) is 0 Å². The molecule has 6 heteroatoms. The quantitative estimate of drug-likeness (QED) is 0.769. The summed E-state index contributed by atoms with van der Waals surface area (Å²) in [6.45, 7) is 2.10. The van der Waals surface area contributed by atoms with Crippen molar-refractivity contribution in [3.8, 4) is 0 Å². The Bertz CT molecular complexity index is 798. The summed E-state index contributed by atoms with van der Waals surface area (Å²) >= 11 is 0. The van der Waals surface area contributed by atoms with Crippen molar-refractivity contribution in [1.29, 1.82) is 0 Å². The van der Waals surface area contributed by atoms with Gasteiger partial charge in [-0.2, -0.15) is 0 Å². The predicted octanol–water partition coefficient (Wildman–Crippen LogP) is 3.14. The van der Waals surface area contributed by atoms with Crippen molar-refractivity contribution in [2.45, 2.75) is 18.9 Å². The molecule has 1 aliphatic rings. The average Bonchev–Trinajstić information content (AvgIpc) is 2.65. The highest BCUT2D eigenvalue weighted by Gasteiger charge is 2.18. The van der Waals surface area contributed by atoms with Crippen LogP contribution in [0.4, 0.5) is 11.4 Å². The summed E-state index contributed by atoms with van der Waals surface area (Å²) in [4.78, 5) is 25.9. The average molecular weight is 353 g/mol. The zero-order valence-electron chi connectivity index (χ0n) is 14.7. The third-order valence-corrected chi connectivity index (χ3v) is 4.63. The van der Waals surface area contributed by atoms with Crippen molar-refractivity contribution in [3.05, 3.63) is 59.7 Å². The molecule has 0 atom stereocenters. The van der Waals surface area contributed by atoms with Crippen LogP contribution in [0.1, 0.15) is 33.6 Å². The summed E-state index contributed by atoms with van der Waals surface area (Å²) < 4.78 is 0. The Balaban J connectivity index is 1.72. The molecule has 1 amide bonds. The zero-order chi connectivity index (χ0) is 18.5. The van der Waals surface area contributed by atoms with E-state index in [0.29, 0.717) is 17.3 Å². The fourth-order valence-corrected chi connectivity index (χ4v) is 3.08. The zero-order valence-corrected chi connectivity index (χ0v) is 14.7. The first-order valence-electron chi connectivity index (χ1n) is 8.72. The molecule has 0 aromatic heterocycles. The van der Waals surface area contributed by atoms with E-state index in [1.54, 1.807) is 12.1 Å². The van der Waals surface area contributed by atoms with Gasteiger partial charge in [-0.25, -0.2) is 4.79 Å². The molecule has 3 rings (SSSR count). The van der Waals surface area contributed by atoms with Gasteiger partial charge in [0.05, 0.1) is 16.9 Å². The van der Waals surface area contributed by atoms with Gasteiger partial charge in [0.2, 0.25) is 0 Å². The molecule has 0 unspecified atom stereocenters. The molecule has 0 radical (unpaired) electrons. The molecule has 26 heavy (non-hydrogen) atoms. The van der Waals surface area contributed by atoms with E-state index in [9.17, 15) is 9.59 Å². The third kappa shape index (κ3) is 4.40. The molecule has 1 heterocycles. The second kappa shape index (κ2) is 8.01. The molecule has 136 valence electrons. The minimum absolute atomic E-state index is 0.0929. The monoisotopic (exact) mass is 353 g/mol. The number of nitrogens with zero attached hydrogens (tertiary/aromatic N) is 1. The molecule has 0 bridgehead atoms. The lowest BCUT2D eigenvalue weighted by molar-refractivity contribution is 0.0697. The lowest BCUT2D eigenvalue weighted by Crippen LogP contribution is -2.36. The van der Waals surface area contributed by atoms with Crippen molar-refractivity contribution in [2.75, 3.05) is 30.8 Å². The van der Waals surface area contributed by atoms with Gasteiger partial charge in [0.15, 0.2) is 0 Å². The van der Waals surface area contributed by atoms with E-state index in [1.807, 2.05) is 24.3 Å². The van der Waals surface area contributed by atoms with Crippen molar-refractivity contribution < 1.29 is 14.7 Å². The number of nitrogens with one attached hydrogen (secondary N) is 2. The number of anilines is 2. The van der Waals surface area contributed by atoms with Crippen molar-refractivity contribution >= 4 is 23.3 Å². The maximum atomic E-state index is 12.5. The predicted molar refractivity (Wildman–Crippen MR) is 102 cm³/mol. The number of aromatic carboxylic acids is 1. The molecule has 3 N–H and O–H groups in total. The van der Waals surface area contributed by atoms with Crippen LogP contribution in [0, 0.1) is 0 Å². The molecule has 0 saturated carbocycles. The van der Waals surface area contributed by atoms with Crippen LogP contribution in [0.5, 0.6) is 0 Å². The van der Waals surface area contributed by atoms with Crippen LogP contribution >= 0.6 is 0 Å². The van der Waals surface area contributed by atoms with Crippen LogP contribution in [0.15, 0.2) is 48.5 Å². The van der Waals surface area contributed by atoms with Crippen molar-refractivity contribution in [1.82, 2.24) is 4.90 Å². The molecule has 6 nitrogen and oxygen atoms in total. The Morgan fingerprint density at radius 2 is 1.65 bits per heavy atom. The molecule has 1 aliphatic heterocycles. The number of rotatable bonds is 5. The van der Waals surface area contributed by atoms with Gasteiger partial charge in [-0.1, -0.05) is 18.2 Å². The topological polar surface area (TPSA) is 81.7 Å². The smallest absolute Gasteiger partial charge is 0.335 e. The highest BCUT2D eigenvalue weighted by Crippen LogP contribution is 2.25. The lowest BCUT2D eigenvalue weighted by Gasteiger charge is -2.30. The third-order valence-electron chi connectivity index (χ3n) is 4.63. The SMILES string of the molecule is CN1CCC(Nc2ccccc2NC(=O)c2cccc(C(=O)O)c2)CC1. The Kier molecular flexibility index (Phi) is 5.53. The molecular formula is C20H23N3O3.